The van der Waals surface area contributed by atoms with E-state index in [1.807, 2.05) is 12.1 Å². The van der Waals surface area contributed by atoms with Gasteiger partial charge in [0.25, 0.3) is 0 Å². The quantitative estimate of drug-likeness (QED) is 0.755. The molecule has 0 unspecified atom stereocenters. The summed E-state index contributed by atoms with van der Waals surface area (Å²) in [5, 5.41) is 11.4. The standard InChI is InChI=1S/C14H19NO3S/c1-10(2)3-7-13(16)15-9-12-5-4-11(19-12)6-8-14(17)18/h4-6,8,10H,3,7,9H2,1-2H3,(H,15,16)(H,17,18). The van der Waals surface area contributed by atoms with Gasteiger partial charge in [0.2, 0.25) is 5.91 Å². The third-order valence-electron chi connectivity index (χ3n) is 2.48. The van der Waals surface area contributed by atoms with E-state index in [9.17, 15) is 9.59 Å². The minimum absolute atomic E-state index is 0.0599. The Bertz CT molecular complexity index is 463. The van der Waals surface area contributed by atoms with E-state index in [2.05, 4.69) is 19.2 Å². The molecule has 19 heavy (non-hydrogen) atoms. The first-order valence-corrected chi connectivity index (χ1v) is 7.05. The molecule has 0 aliphatic rings. The van der Waals surface area contributed by atoms with E-state index < -0.39 is 5.97 Å². The monoisotopic (exact) mass is 281 g/mol. The van der Waals surface area contributed by atoms with Gasteiger partial charge in [-0.25, -0.2) is 4.79 Å². The predicted molar refractivity (Wildman–Crippen MR) is 76.9 cm³/mol. The van der Waals surface area contributed by atoms with Crippen molar-refractivity contribution in [2.75, 3.05) is 0 Å². The number of carbonyl (C=O) groups excluding carboxylic acids is 1. The molecule has 1 heterocycles. The van der Waals surface area contributed by atoms with Crippen molar-refractivity contribution in [3.63, 3.8) is 0 Å². The fourth-order valence-electron chi connectivity index (χ4n) is 1.43. The summed E-state index contributed by atoms with van der Waals surface area (Å²) in [6.45, 7) is 4.68. The maximum absolute atomic E-state index is 11.5. The van der Waals surface area contributed by atoms with Crippen molar-refractivity contribution in [2.24, 2.45) is 5.92 Å². The number of aliphatic carboxylic acids is 1. The van der Waals surface area contributed by atoms with Crippen molar-refractivity contribution in [3.05, 3.63) is 28.0 Å². The molecule has 4 nitrogen and oxygen atoms in total. The number of rotatable bonds is 7. The zero-order valence-electron chi connectivity index (χ0n) is 11.2. The summed E-state index contributed by atoms with van der Waals surface area (Å²) in [7, 11) is 0. The number of amides is 1. The maximum Gasteiger partial charge on any atom is 0.328 e. The van der Waals surface area contributed by atoms with Crippen LogP contribution in [0.5, 0.6) is 0 Å². The molecule has 0 saturated heterocycles. The fourth-order valence-corrected chi connectivity index (χ4v) is 2.28. The first-order valence-electron chi connectivity index (χ1n) is 6.24. The molecular formula is C14H19NO3S. The molecule has 5 heteroatoms. The molecule has 1 aromatic heterocycles. The first kappa shape index (κ1) is 15.4. The number of thiophene rings is 1. The minimum Gasteiger partial charge on any atom is -0.478 e. The van der Waals surface area contributed by atoms with Crippen molar-refractivity contribution in [3.8, 4) is 0 Å². The van der Waals surface area contributed by atoms with Gasteiger partial charge in [-0.2, -0.15) is 0 Å². The molecular weight excluding hydrogens is 262 g/mol. The number of carbonyl (C=O) groups is 2. The lowest BCUT2D eigenvalue weighted by Crippen LogP contribution is -2.22. The summed E-state index contributed by atoms with van der Waals surface area (Å²) in [5.41, 5.74) is 0. The minimum atomic E-state index is -0.961. The highest BCUT2D eigenvalue weighted by Crippen LogP contribution is 2.17. The highest BCUT2D eigenvalue weighted by Gasteiger charge is 2.04. The molecule has 1 amide bonds. The van der Waals surface area contributed by atoms with Crippen LogP contribution in [0, 0.1) is 5.92 Å². The van der Waals surface area contributed by atoms with E-state index in [0.717, 1.165) is 22.3 Å². The lowest BCUT2D eigenvalue weighted by Gasteiger charge is -2.05. The highest BCUT2D eigenvalue weighted by atomic mass is 32.1. The van der Waals surface area contributed by atoms with Gasteiger partial charge in [-0.1, -0.05) is 13.8 Å². The van der Waals surface area contributed by atoms with Crippen LogP contribution in [0.3, 0.4) is 0 Å². The lowest BCUT2D eigenvalue weighted by molar-refractivity contribution is -0.131. The molecule has 0 saturated carbocycles. The van der Waals surface area contributed by atoms with Crippen molar-refractivity contribution in [2.45, 2.75) is 33.2 Å². The second-order valence-corrected chi connectivity index (χ2v) is 5.88. The Morgan fingerprint density at radius 3 is 2.79 bits per heavy atom. The van der Waals surface area contributed by atoms with Crippen LogP contribution in [-0.4, -0.2) is 17.0 Å². The van der Waals surface area contributed by atoms with E-state index in [1.165, 1.54) is 11.3 Å². The van der Waals surface area contributed by atoms with Gasteiger partial charge in [0.15, 0.2) is 0 Å². The van der Waals surface area contributed by atoms with Crippen LogP contribution in [0.2, 0.25) is 0 Å². The predicted octanol–water partition coefficient (Wildman–Crippen LogP) is 2.90. The second-order valence-electron chi connectivity index (χ2n) is 4.68. The van der Waals surface area contributed by atoms with E-state index in [4.69, 9.17) is 5.11 Å². The molecule has 1 aromatic rings. The Morgan fingerprint density at radius 2 is 2.16 bits per heavy atom. The van der Waals surface area contributed by atoms with Crippen molar-refractivity contribution in [1.82, 2.24) is 5.32 Å². The number of carboxylic acids is 1. The molecule has 0 aliphatic carbocycles. The van der Waals surface area contributed by atoms with Crippen molar-refractivity contribution >= 4 is 29.3 Å². The van der Waals surface area contributed by atoms with Gasteiger partial charge in [-0.3, -0.25) is 4.79 Å². The first-order chi connectivity index (χ1) is 8.97. The van der Waals surface area contributed by atoms with Crippen LogP contribution in [0.25, 0.3) is 6.08 Å². The Kier molecular flexibility index (Phi) is 6.29. The smallest absolute Gasteiger partial charge is 0.328 e. The summed E-state index contributed by atoms with van der Waals surface area (Å²) in [6.07, 6.45) is 4.10. The van der Waals surface area contributed by atoms with Gasteiger partial charge >= 0.3 is 5.97 Å². The maximum atomic E-state index is 11.5. The molecule has 1 rings (SSSR count). The van der Waals surface area contributed by atoms with Crippen LogP contribution < -0.4 is 5.32 Å². The number of carboxylic acid groups (broad SMARTS) is 1. The molecule has 0 atom stereocenters. The summed E-state index contributed by atoms with van der Waals surface area (Å²) >= 11 is 1.48. The summed E-state index contributed by atoms with van der Waals surface area (Å²) in [6, 6.07) is 3.74. The van der Waals surface area contributed by atoms with Gasteiger partial charge < -0.3 is 10.4 Å². The van der Waals surface area contributed by atoms with Crippen LogP contribution >= 0.6 is 11.3 Å². The average Bonchev–Trinajstić information content (AvgIpc) is 2.79. The van der Waals surface area contributed by atoms with Gasteiger partial charge in [0.1, 0.15) is 0 Å². The van der Waals surface area contributed by atoms with E-state index >= 15 is 0 Å². The summed E-state index contributed by atoms with van der Waals surface area (Å²) in [4.78, 5) is 23.8. The van der Waals surface area contributed by atoms with Gasteiger partial charge in [-0.15, -0.1) is 11.3 Å². The Morgan fingerprint density at radius 1 is 1.42 bits per heavy atom. The van der Waals surface area contributed by atoms with Crippen LogP contribution in [0.1, 0.15) is 36.4 Å². The Balaban J connectivity index is 2.38. The third kappa shape index (κ3) is 6.76. The molecule has 0 radical (unpaired) electrons. The van der Waals surface area contributed by atoms with Crippen LogP contribution in [-0.2, 0) is 16.1 Å². The largest absolute Gasteiger partial charge is 0.478 e. The molecule has 0 spiro atoms. The van der Waals surface area contributed by atoms with Gasteiger partial charge in [0, 0.05) is 22.3 Å². The topological polar surface area (TPSA) is 66.4 Å². The number of hydrogen-bond donors (Lipinski definition) is 2. The van der Waals surface area contributed by atoms with E-state index in [1.54, 1.807) is 6.08 Å². The zero-order chi connectivity index (χ0) is 14.3. The van der Waals surface area contributed by atoms with Crippen LogP contribution in [0.15, 0.2) is 18.2 Å². The fraction of sp³-hybridized carbons (Fsp3) is 0.429. The molecule has 104 valence electrons. The Hall–Kier alpha value is -1.62. The van der Waals surface area contributed by atoms with Gasteiger partial charge in [-0.05, 0) is 30.5 Å². The highest BCUT2D eigenvalue weighted by molar-refractivity contribution is 7.12. The Labute approximate surface area is 117 Å². The zero-order valence-corrected chi connectivity index (χ0v) is 12.0. The van der Waals surface area contributed by atoms with Crippen molar-refractivity contribution < 1.29 is 14.7 Å². The number of hydrogen-bond acceptors (Lipinski definition) is 3. The molecule has 2 N–H and O–H groups in total. The van der Waals surface area contributed by atoms with Gasteiger partial charge in [0.05, 0.1) is 6.54 Å². The molecule has 0 aliphatic heterocycles. The molecule has 0 fully saturated rings. The molecule has 0 bridgehead atoms. The second kappa shape index (κ2) is 7.74. The molecule has 0 aromatic carbocycles. The van der Waals surface area contributed by atoms with Crippen LogP contribution in [0.4, 0.5) is 0 Å². The SMILES string of the molecule is CC(C)CCC(=O)NCc1ccc(C=CC(=O)O)s1. The summed E-state index contributed by atoms with van der Waals surface area (Å²) < 4.78 is 0. The normalized spacial score (nSPS) is 11.1. The van der Waals surface area contributed by atoms with E-state index in [-0.39, 0.29) is 5.91 Å². The summed E-state index contributed by atoms with van der Waals surface area (Å²) in [5.74, 6) is -0.373. The van der Waals surface area contributed by atoms with Crippen molar-refractivity contribution in [1.29, 1.82) is 0 Å². The number of nitrogens with one attached hydrogen (secondary N) is 1. The third-order valence-corrected chi connectivity index (χ3v) is 3.53. The lowest BCUT2D eigenvalue weighted by atomic mass is 10.1. The van der Waals surface area contributed by atoms with E-state index in [0.29, 0.717) is 18.9 Å². The average molecular weight is 281 g/mol.